The summed E-state index contributed by atoms with van der Waals surface area (Å²) in [5, 5.41) is 3.41. The number of hydrogen-bond acceptors (Lipinski definition) is 2. The first-order valence-electron chi connectivity index (χ1n) is 6.31. The average molecular weight is 259 g/mol. The van der Waals surface area contributed by atoms with Gasteiger partial charge in [-0.3, -0.25) is 0 Å². The van der Waals surface area contributed by atoms with Crippen molar-refractivity contribution in [1.29, 1.82) is 0 Å². The number of ether oxygens (including phenoxy) is 1. The Morgan fingerprint density at radius 2 is 1.79 bits per heavy atom. The van der Waals surface area contributed by atoms with E-state index in [0.29, 0.717) is 6.54 Å². The van der Waals surface area contributed by atoms with Crippen LogP contribution in [0.1, 0.15) is 24.1 Å². The van der Waals surface area contributed by atoms with E-state index in [1.54, 1.807) is 19.2 Å². The molecule has 2 aromatic carbocycles. The molecule has 0 aliphatic heterocycles. The summed E-state index contributed by atoms with van der Waals surface area (Å²) in [6, 6.07) is 14.6. The van der Waals surface area contributed by atoms with Crippen LogP contribution in [0.2, 0.25) is 0 Å². The molecule has 0 radical (unpaired) electrons. The van der Waals surface area contributed by atoms with Crippen molar-refractivity contribution in [3.05, 3.63) is 65.5 Å². The lowest BCUT2D eigenvalue weighted by atomic mass is 10.1. The smallest absolute Gasteiger partial charge is 0.123 e. The van der Waals surface area contributed by atoms with Crippen LogP contribution in [-0.2, 0) is 6.54 Å². The minimum Gasteiger partial charge on any atom is -0.496 e. The third-order valence-electron chi connectivity index (χ3n) is 3.13. The summed E-state index contributed by atoms with van der Waals surface area (Å²) in [6.45, 7) is 2.78. The third-order valence-corrected chi connectivity index (χ3v) is 3.13. The fourth-order valence-electron chi connectivity index (χ4n) is 2.01. The van der Waals surface area contributed by atoms with Gasteiger partial charge in [0.2, 0.25) is 0 Å². The first kappa shape index (κ1) is 13.6. The van der Waals surface area contributed by atoms with Crippen LogP contribution < -0.4 is 10.1 Å². The Bertz CT molecular complexity index is 525. The summed E-state index contributed by atoms with van der Waals surface area (Å²) in [6.07, 6.45) is 0. The van der Waals surface area contributed by atoms with Crippen LogP contribution >= 0.6 is 0 Å². The highest BCUT2D eigenvalue weighted by atomic mass is 19.1. The molecule has 0 saturated heterocycles. The summed E-state index contributed by atoms with van der Waals surface area (Å²) >= 11 is 0. The van der Waals surface area contributed by atoms with Crippen LogP contribution in [0.4, 0.5) is 4.39 Å². The van der Waals surface area contributed by atoms with Gasteiger partial charge in [0.05, 0.1) is 7.11 Å². The molecule has 1 N–H and O–H groups in total. The topological polar surface area (TPSA) is 21.3 Å². The van der Waals surface area contributed by atoms with Gasteiger partial charge in [-0.25, -0.2) is 4.39 Å². The summed E-state index contributed by atoms with van der Waals surface area (Å²) in [5.74, 6) is 0.670. The monoisotopic (exact) mass is 259 g/mol. The van der Waals surface area contributed by atoms with Crippen molar-refractivity contribution in [3.63, 3.8) is 0 Å². The van der Waals surface area contributed by atoms with Gasteiger partial charge in [-0.2, -0.15) is 0 Å². The van der Waals surface area contributed by atoms with E-state index in [9.17, 15) is 4.39 Å². The van der Waals surface area contributed by atoms with E-state index in [1.165, 1.54) is 12.1 Å². The second-order valence-corrected chi connectivity index (χ2v) is 4.47. The van der Waals surface area contributed by atoms with Crippen LogP contribution in [0.15, 0.2) is 48.5 Å². The highest BCUT2D eigenvalue weighted by Crippen LogP contribution is 2.24. The normalized spacial score (nSPS) is 12.2. The minimum atomic E-state index is -0.207. The van der Waals surface area contributed by atoms with E-state index in [4.69, 9.17) is 4.74 Å². The number of nitrogens with one attached hydrogen (secondary N) is 1. The van der Waals surface area contributed by atoms with Gasteiger partial charge in [-0.1, -0.05) is 30.3 Å². The van der Waals surface area contributed by atoms with Gasteiger partial charge < -0.3 is 10.1 Å². The molecule has 0 aliphatic rings. The van der Waals surface area contributed by atoms with Crippen LogP contribution in [0.3, 0.4) is 0 Å². The van der Waals surface area contributed by atoms with Crippen LogP contribution in [-0.4, -0.2) is 7.11 Å². The predicted octanol–water partition coefficient (Wildman–Crippen LogP) is 3.69. The molecule has 0 aromatic heterocycles. The lowest BCUT2D eigenvalue weighted by molar-refractivity contribution is 0.401. The summed E-state index contributed by atoms with van der Waals surface area (Å²) in [5.41, 5.74) is 2.18. The number of benzene rings is 2. The molecule has 0 fully saturated rings. The molecule has 0 heterocycles. The molecule has 0 bridgehead atoms. The molecule has 0 spiro atoms. The van der Waals surface area contributed by atoms with Gasteiger partial charge in [0.25, 0.3) is 0 Å². The Morgan fingerprint density at radius 3 is 2.47 bits per heavy atom. The third kappa shape index (κ3) is 3.55. The van der Waals surface area contributed by atoms with Crippen LogP contribution in [0.5, 0.6) is 5.75 Å². The summed E-state index contributed by atoms with van der Waals surface area (Å²) in [4.78, 5) is 0. The summed E-state index contributed by atoms with van der Waals surface area (Å²) < 4.78 is 18.2. The largest absolute Gasteiger partial charge is 0.496 e. The van der Waals surface area contributed by atoms with Gasteiger partial charge in [-0.15, -0.1) is 0 Å². The number of hydrogen-bond donors (Lipinski definition) is 1. The van der Waals surface area contributed by atoms with Gasteiger partial charge in [-0.05, 0) is 30.7 Å². The van der Waals surface area contributed by atoms with Gasteiger partial charge in [0.1, 0.15) is 11.6 Å². The highest BCUT2D eigenvalue weighted by molar-refractivity contribution is 5.35. The Balaban J connectivity index is 2.01. The Hall–Kier alpha value is -1.87. The molecule has 1 atom stereocenters. The zero-order valence-electron chi connectivity index (χ0n) is 11.2. The minimum absolute atomic E-state index is 0.168. The molecule has 100 valence electrons. The lowest BCUT2D eigenvalue weighted by Crippen LogP contribution is -2.18. The van der Waals surface area contributed by atoms with Crippen molar-refractivity contribution in [1.82, 2.24) is 5.32 Å². The van der Waals surface area contributed by atoms with Crippen molar-refractivity contribution in [2.75, 3.05) is 7.11 Å². The number of rotatable bonds is 5. The molecule has 2 nitrogen and oxygen atoms in total. The quantitative estimate of drug-likeness (QED) is 0.884. The first-order valence-corrected chi connectivity index (χ1v) is 6.31. The first-order chi connectivity index (χ1) is 9.20. The maximum absolute atomic E-state index is 12.8. The zero-order chi connectivity index (χ0) is 13.7. The molecule has 2 aromatic rings. The van der Waals surface area contributed by atoms with Crippen molar-refractivity contribution in [3.8, 4) is 5.75 Å². The molecule has 0 aliphatic carbocycles. The Morgan fingerprint density at radius 1 is 1.11 bits per heavy atom. The molecule has 2 rings (SSSR count). The van der Waals surface area contributed by atoms with Crippen LogP contribution in [0, 0.1) is 5.82 Å². The van der Waals surface area contributed by atoms with Crippen molar-refractivity contribution in [2.45, 2.75) is 19.5 Å². The predicted molar refractivity (Wildman–Crippen MR) is 74.6 cm³/mol. The number of para-hydroxylation sites is 1. The fraction of sp³-hybridized carbons (Fsp3) is 0.250. The van der Waals surface area contributed by atoms with Crippen molar-refractivity contribution >= 4 is 0 Å². The van der Waals surface area contributed by atoms with E-state index >= 15 is 0 Å². The fourth-order valence-corrected chi connectivity index (χ4v) is 2.01. The molecule has 0 amide bonds. The second-order valence-electron chi connectivity index (χ2n) is 4.47. The van der Waals surface area contributed by atoms with Gasteiger partial charge in [0, 0.05) is 18.2 Å². The Kier molecular flexibility index (Phi) is 4.53. The van der Waals surface area contributed by atoms with E-state index in [0.717, 1.165) is 16.9 Å². The highest BCUT2D eigenvalue weighted by Gasteiger charge is 2.09. The molecule has 3 heteroatoms. The molecular formula is C16H18FNO. The SMILES string of the molecule is COc1ccccc1[C@@H](C)NCc1ccc(F)cc1. The Labute approximate surface area is 113 Å². The lowest BCUT2D eigenvalue weighted by Gasteiger charge is -2.17. The zero-order valence-corrected chi connectivity index (χ0v) is 11.2. The second kappa shape index (κ2) is 6.34. The van der Waals surface area contributed by atoms with Gasteiger partial charge in [0.15, 0.2) is 0 Å². The van der Waals surface area contributed by atoms with E-state index in [1.807, 2.05) is 24.3 Å². The maximum atomic E-state index is 12.8. The maximum Gasteiger partial charge on any atom is 0.123 e. The number of methoxy groups -OCH3 is 1. The molecule has 0 saturated carbocycles. The van der Waals surface area contributed by atoms with Crippen molar-refractivity contribution in [2.24, 2.45) is 0 Å². The summed E-state index contributed by atoms with van der Waals surface area (Å²) in [7, 11) is 1.67. The van der Waals surface area contributed by atoms with E-state index in [2.05, 4.69) is 12.2 Å². The molecule has 19 heavy (non-hydrogen) atoms. The van der Waals surface area contributed by atoms with Crippen molar-refractivity contribution < 1.29 is 9.13 Å². The van der Waals surface area contributed by atoms with Gasteiger partial charge >= 0.3 is 0 Å². The number of halogens is 1. The molecule has 0 unspecified atom stereocenters. The van der Waals surface area contributed by atoms with E-state index in [-0.39, 0.29) is 11.9 Å². The molecular weight excluding hydrogens is 241 g/mol. The standard InChI is InChI=1S/C16H18FNO/c1-12(15-5-3-4-6-16(15)19-2)18-11-13-7-9-14(17)10-8-13/h3-10,12,18H,11H2,1-2H3/t12-/m1/s1. The van der Waals surface area contributed by atoms with E-state index < -0.39 is 0 Å². The average Bonchev–Trinajstić information content (AvgIpc) is 2.46. The van der Waals surface area contributed by atoms with Crippen LogP contribution in [0.25, 0.3) is 0 Å².